The lowest BCUT2D eigenvalue weighted by molar-refractivity contribution is -0.164. The maximum atomic E-state index is 13.5. The number of nitrogens with one attached hydrogen (secondary N) is 1. The van der Waals surface area contributed by atoms with Crippen LogP contribution in [0.5, 0.6) is 0 Å². The van der Waals surface area contributed by atoms with Gasteiger partial charge in [-0.1, -0.05) is 50.6 Å². The van der Waals surface area contributed by atoms with E-state index in [1.807, 2.05) is 30.3 Å². The number of hydrogen-bond donors (Lipinski definition) is 1. The van der Waals surface area contributed by atoms with E-state index in [1.54, 1.807) is 20.8 Å². The molecule has 7 heteroatoms. The van der Waals surface area contributed by atoms with E-state index in [0.717, 1.165) is 42.6 Å². The molecule has 4 fully saturated rings. The molecule has 0 radical (unpaired) electrons. The first-order valence-corrected chi connectivity index (χ1v) is 16.8. The molecule has 0 spiro atoms. The van der Waals surface area contributed by atoms with Gasteiger partial charge in [-0.3, -0.25) is 4.79 Å². The van der Waals surface area contributed by atoms with Crippen LogP contribution >= 0.6 is 0 Å². The average molecular weight is 596 g/mol. The molecule has 5 rings (SSSR count). The highest BCUT2D eigenvalue weighted by Gasteiger charge is 2.58. The minimum absolute atomic E-state index is 0.0169. The summed E-state index contributed by atoms with van der Waals surface area (Å²) in [4.78, 5) is 38.6. The van der Waals surface area contributed by atoms with Crippen molar-refractivity contribution >= 4 is 18.0 Å². The van der Waals surface area contributed by atoms with Gasteiger partial charge in [-0.05, 0) is 125 Å². The molecular formula is C36H53NO6. The molecule has 0 saturated heterocycles. The van der Waals surface area contributed by atoms with Gasteiger partial charge in [0.1, 0.15) is 24.4 Å². The SMILES string of the molecule is CC(C)(C)OC(=O)NC(CCC(=O)OCc1ccccc1)C(=O)O[C@@H]1CC[C@@]2(C)[C@H](CC[C@H]3[C@@H]4CCC[C@@]4(C)CC[C@@H]32)C1. The second kappa shape index (κ2) is 12.8. The molecule has 0 aromatic heterocycles. The molecule has 1 unspecified atom stereocenters. The molecule has 1 N–H and O–H groups in total. The van der Waals surface area contributed by atoms with Gasteiger partial charge in [0.15, 0.2) is 0 Å². The Kier molecular flexibility index (Phi) is 9.48. The zero-order chi connectivity index (χ0) is 30.8. The van der Waals surface area contributed by atoms with Gasteiger partial charge in [-0.25, -0.2) is 9.59 Å². The minimum atomic E-state index is -0.985. The monoisotopic (exact) mass is 595 g/mol. The van der Waals surface area contributed by atoms with E-state index in [9.17, 15) is 14.4 Å². The van der Waals surface area contributed by atoms with Crippen LogP contribution in [0.1, 0.15) is 117 Å². The van der Waals surface area contributed by atoms with Crippen LogP contribution in [0, 0.1) is 34.5 Å². The predicted octanol–water partition coefficient (Wildman–Crippen LogP) is 7.75. The summed E-state index contributed by atoms with van der Waals surface area (Å²) in [5.41, 5.74) is 1.05. The van der Waals surface area contributed by atoms with Gasteiger partial charge in [0, 0.05) is 6.42 Å². The second-order valence-corrected chi connectivity index (χ2v) is 15.5. The maximum absolute atomic E-state index is 13.5. The fraction of sp³-hybridized carbons (Fsp3) is 0.750. The highest BCUT2D eigenvalue weighted by atomic mass is 16.6. The Morgan fingerprint density at radius 2 is 1.72 bits per heavy atom. The third-order valence-electron chi connectivity index (χ3n) is 11.5. The zero-order valence-electron chi connectivity index (χ0n) is 27.0. The molecule has 1 aromatic rings. The lowest BCUT2D eigenvalue weighted by Crippen LogP contribution is -2.53. The lowest BCUT2D eigenvalue weighted by atomic mass is 9.45. The van der Waals surface area contributed by atoms with Crippen LogP contribution in [0.15, 0.2) is 30.3 Å². The molecule has 1 aromatic carbocycles. The maximum Gasteiger partial charge on any atom is 0.408 e. The molecule has 0 heterocycles. The standard InChI is InChI=1S/C36H53NO6/c1-34(2,3)43-33(40)37-30(15-16-31(38)41-23-24-10-7-6-8-11-24)32(39)42-26-17-21-36(5)25(22-26)13-14-27-28-12-9-19-35(28,4)20-18-29(27)36/h6-8,10-11,25-30H,9,12-23H2,1-5H3,(H,37,40)/t25-,26-,27+,28+,29+,30?,35+,36+/m1/s1. The summed E-state index contributed by atoms with van der Waals surface area (Å²) in [6.07, 6.45) is 11.4. The van der Waals surface area contributed by atoms with E-state index in [-0.39, 0.29) is 25.6 Å². The molecule has 0 bridgehead atoms. The van der Waals surface area contributed by atoms with Crippen molar-refractivity contribution in [2.24, 2.45) is 34.5 Å². The van der Waals surface area contributed by atoms with E-state index in [2.05, 4.69) is 19.2 Å². The van der Waals surface area contributed by atoms with Crippen molar-refractivity contribution in [3.63, 3.8) is 0 Å². The highest BCUT2D eigenvalue weighted by molar-refractivity contribution is 5.82. The van der Waals surface area contributed by atoms with Crippen LogP contribution in [0.2, 0.25) is 0 Å². The number of carbonyl (C=O) groups excluding carboxylic acids is 3. The summed E-state index contributed by atoms with van der Waals surface area (Å²) in [5, 5.41) is 2.67. The number of alkyl carbamates (subject to hydrolysis) is 1. The average Bonchev–Trinajstić information content (AvgIpc) is 3.35. The van der Waals surface area contributed by atoms with Crippen molar-refractivity contribution in [2.45, 2.75) is 136 Å². The molecule has 43 heavy (non-hydrogen) atoms. The van der Waals surface area contributed by atoms with Gasteiger partial charge in [-0.2, -0.15) is 0 Å². The van der Waals surface area contributed by atoms with Gasteiger partial charge < -0.3 is 19.5 Å². The number of carbonyl (C=O) groups is 3. The number of benzene rings is 1. The number of rotatable bonds is 8. The van der Waals surface area contributed by atoms with Crippen molar-refractivity contribution in [3.8, 4) is 0 Å². The topological polar surface area (TPSA) is 90.9 Å². The summed E-state index contributed by atoms with van der Waals surface area (Å²) >= 11 is 0. The van der Waals surface area contributed by atoms with Crippen LogP contribution in [-0.2, 0) is 30.4 Å². The van der Waals surface area contributed by atoms with Crippen LogP contribution < -0.4 is 5.32 Å². The van der Waals surface area contributed by atoms with Crippen LogP contribution in [0.25, 0.3) is 0 Å². The van der Waals surface area contributed by atoms with E-state index in [4.69, 9.17) is 14.2 Å². The zero-order valence-corrected chi connectivity index (χ0v) is 27.0. The first-order chi connectivity index (χ1) is 20.4. The number of hydrogen-bond acceptors (Lipinski definition) is 6. The molecule has 1 amide bonds. The Morgan fingerprint density at radius 1 is 0.953 bits per heavy atom. The molecule has 4 aliphatic rings. The first-order valence-electron chi connectivity index (χ1n) is 16.8. The molecule has 7 nitrogen and oxygen atoms in total. The van der Waals surface area contributed by atoms with Crippen LogP contribution in [0.4, 0.5) is 4.79 Å². The number of ether oxygens (including phenoxy) is 3. The highest BCUT2D eigenvalue weighted by Crippen LogP contribution is 2.66. The number of amides is 1. The summed E-state index contributed by atoms with van der Waals surface area (Å²) in [5.74, 6) is 2.15. The fourth-order valence-corrected chi connectivity index (χ4v) is 9.34. The predicted molar refractivity (Wildman–Crippen MR) is 165 cm³/mol. The Bertz CT molecular complexity index is 1150. The minimum Gasteiger partial charge on any atom is -0.461 e. The molecule has 4 saturated carbocycles. The van der Waals surface area contributed by atoms with E-state index in [0.29, 0.717) is 16.7 Å². The van der Waals surface area contributed by atoms with Gasteiger partial charge >= 0.3 is 18.0 Å². The Labute approximate surface area is 258 Å². The number of fused-ring (bicyclic) bond motifs is 5. The lowest BCUT2D eigenvalue weighted by Gasteiger charge is -2.60. The Hall–Kier alpha value is -2.57. The van der Waals surface area contributed by atoms with Gasteiger partial charge in [0.2, 0.25) is 0 Å². The fourth-order valence-electron chi connectivity index (χ4n) is 9.34. The first kappa shape index (κ1) is 31.8. The molecule has 4 aliphatic carbocycles. The van der Waals surface area contributed by atoms with E-state index >= 15 is 0 Å². The van der Waals surface area contributed by atoms with Crippen molar-refractivity contribution in [1.29, 1.82) is 0 Å². The largest absolute Gasteiger partial charge is 0.461 e. The summed E-state index contributed by atoms with van der Waals surface area (Å²) in [6.45, 7) is 10.6. The third-order valence-corrected chi connectivity index (χ3v) is 11.5. The van der Waals surface area contributed by atoms with E-state index < -0.39 is 29.7 Å². The molecular weight excluding hydrogens is 542 g/mol. The Morgan fingerprint density at radius 3 is 2.47 bits per heavy atom. The normalized spacial score (nSPS) is 34.1. The summed E-state index contributed by atoms with van der Waals surface area (Å²) < 4.78 is 16.9. The van der Waals surface area contributed by atoms with Crippen LogP contribution in [-0.4, -0.2) is 35.8 Å². The molecule has 0 aliphatic heterocycles. The van der Waals surface area contributed by atoms with Crippen molar-refractivity contribution < 1.29 is 28.6 Å². The quantitative estimate of drug-likeness (QED) is 0.244. The summed E-state index contributed by atoms with van der Waals surface area (Å²) in [6, 6.07) is 8.47. The van der Waals surface area contributed by atoms with Crippen molar-refractivity contribution in [3.05, 3.63) is 35.9 Å². The smallest absolute Gasteiger partial charge is 0.408 e. The van der Waals surface area contributed by atoms with Crippen LogP contribution in [0.3, 0.4) is 0 Å². The van der Waals surface area contributed by atoms with E-state index in [1.165, 1.54) is 44.9 Å². The van der Waals surface area contributed by atoms with Crippen molar-refractivity contribution in [1.82, 2.24) is 5.32 Å². The van der Waals surface area contributed by atoms with Crippen molar-refractivity contribution in [2.75, 3.05) is 0 Å². The molecule has 238 valence electrons. The number of esters is 2. The Balaban J connectivity index is 1.18. The van der Waals surface area contributed by atoms with Gasteiger partial charge in [0.05, 0.1) is 0 Å². The second-order valence-electron chi connectivity index (χ2n) is 15.5. The third kappa shape index (κ3) is 7.39. The van der Waals surface area contributed by atoms with Gasteiger partial charge in [-0.15, -0.1) is 0 Å². The van der Waals surface area contributed by atoms with Gasteiger partial charge in [0.25, 0.3) is 0 Å². The summed E-state index contributed by atoms with van der Waals surface area (Å²) in [7, 11) is 0. The molecule has 8 atom stereocenters.